The first-order valence-corrected chi connectivity index (χ1v) is 13.7. The van der Waals surface area contributed by atoms with E-state index in [4.69, 9.17) is 9.98 Å². The molecule has 0 radical (unpaired) electrons. The highest BCUT2D eigenvalue weighted by Crippen LogP contribution is 2.29. The van der Waals surface area contributed by atoms with Crippen molar-refractivity contribution in [3.8, 4) is 11.1 Å². The number of imidazole rings is 1. The number of benzene rings is 3. The average Bonchev–Trinajstić information content (AvgIpc) is 3.28. The molecule has 1 aromatic heterocycles. The van der Waals surface area contributed by atoms with Crippen LogP contribution >= 0.6 is 0 Å². The fourth-order valence-corrected chi connectivity index (χ4v) is 5.39. The van der Waals surface area contributed by atoms with E-state index in [1.54, 1.807) is 12.1 Å². The maximum absolute atomic E-state index is 11.8. The van der Waals surface area contributed by atoms with E-state index in [-0.39, 0.29) is 5.56 Å². The summed E-state index contributed by atoms with van der Waals surface area (Å²) in [5.41, 5.74) is 6.30. The smallest absolute Gasteiger partial charge is 0.336 e. The highest BCUT2D eigenvalue weighted by atomic mass is 16.4. The highest BCUT2D eigenvalue weighted by Gasteiger charge is 2.27. The van der Waals surface area contributed by atoms with Crippen LogP contribution in [-0.4, -0.2) is 37.4 Å². The fourth-order valence-electron chi connectivity index (χ4n) is 5.39. The lowest BCUT2D eigenvalue weighted by Gasteiger charge is -2.20. The minimum atomic E-state index is -0.942. The van der Waals surface area contributed by atoms with Crippen LogP contribution in [-0.2, 0) is 17.8 Å². The highest BCUT2D eigenvalue weighted by molar-refractivity contribution is 6.03. The Labute approximate surface area is 227 Å². The summed E-state index contributed by atoms with van der Waals surface area (Å²) in [5, 5.41) is 19.2. The van der Waals surface area contributed by atoms with Gasteiger partial charge in [0.1, 0.15) is 5.82 Å². The molecule has 7 nitrogen and oxygen atoms in total. The van der Waals surface area contributed by atoms with Crippen molar-refractivity contribution in [1.82, 2.24) is 9.55 Å². The monoisotopic (exact) mass is 523 g/mol. The topological polar surface area (TPSA) is 105 Å². The van der Waals surface area contributed by atoms with Crippen molar-refractivity contribution < 1.29 is 19.8 Å². The Balaban J connectivity index is 1.49. The number of hydrogen-bond donors (Lipinski definition) is 2. The van der Waals surface area contributed by atoms with Gasteiger partial charge >= 0.3 is 11.9 Å². The number of aryl methyl sites for hydroxylation is 1. The van der Waals surface area contributed by atoms with Crippen LogP contribution in [0.3, 0.4) is 0 Å². The van der Waals surface area contributed by atoms with Gasteiger partial charge in [0.25, 0.3) is 0 Å². The first-order chi connectivity index (χ1) is 18.9. The van der Waals surface area contributed by atoms with Crippen LogP contribution < -0.4 is 0 Å². The van der Waals surface area contributed by atoms with Crippen molar-refractivity contribution in [3.63, 3.8) is 0 Å². The SMILES string of the molecule is CCCCc1nc2ccc(N=C3CCCCC3C(=O)O)cc2n1Cc1ccc(-c2ccccc2C(=O)O)cc1. The summed E-state index contributed by atoms with van der Waals surface area (Å²) in [6.45, 7) is 2.78. The molecule has 0 saturated heterocycles. The third-order valence-electron chi connectivity index (χ3n) is 7.48. The molecule has 4 aromatic rings. The lowest BCUT2D eigenvalue weighted by atomic mass is 9.87. The van der Waals surface area contributed by atoms with Crippen LogP contribution in [0.4, 0.5) is 5.69 Å². The summed E-state index contributed by atoms with van der Waals surface area (Å²) in [7, 11) is 0. The third-order valence-corrected chi connectivity index (χ3v) is 7.48. The predicted molar refractivity (Wildman–Crippen MR) is 153 cm³/mol. The number of fused-ring (bicyclic) bond motifs is 1. The lowest BCUT2D eigenvalue weighted by molar-refractivity contribution is -0.139. The van der Waals surface area contributed by atoms with Gasteiger partial charge in [-0.15, -0.1) is 0 Å². The predicted octanol–water partition coefficient (Wildman–Crippen LogP) is 7.14. The third kappa shape index (κ3) is 5.77. The second-order valence-corrected chi connectivity index (χ2v) is 10.2. The molecule has 5 rings (SSSR count). The zero-order valence-electron chi connectivity index (χ0n) is 22.1. The first-order valence-electron chi connectivity index (χ1n) is 13.7. The first kappa shape index (κ1) is 26.4. The number of aromatic carboxylic acids is 1. The summed E-state index contributed by atoms with van der Waals surface area (Å²) in [6.07, 6.45) is 6.20. The molecule has 39 heavy (non-hydrogen) atoms. The van der Waals surface area contributed by atoms with Crippen LogP contribution in [0.25, 0.3) is 22.2 Å². The second kappa shape index (κ2) is 11.6. The molecule has 3 aromatic carbocycles. The van der Waals surface area contributed by atoms with Crippen LogP contribution in [0, 0.1) is 5.92 Å². The van der Waals surface area contributed by atoms with Gasteiger partial charge in [-0.25, -0.2) is 9.78 Å². The number of carboxylic acids is 2. The number of aliphatic imine (C=N–C) groups is 1. The van der Waals surface area contributed by atoms with E-state index in [1.807, 2.05) is 54.6 Å². The lowest BCUT2D eigenvalue weighted by Crippen LogP contribution is -2.26. The number of nitrogens with zero attached hydrogens (tertiary/aromatic N) is 3. The van der Waals surface area contributed by atoms with Crippen molar-refractivity contribution in [1.29, 1.82) is 0 Å². The molecule has 1 fully saturated rings. The van der Waals surface area contributed by atoms with E-state index >= 15 is 0 Å². The molecule has 7 heteroatoms. The summed E-state index contributed by atoms with van der Waals surface area (Å²) in [6, 6.07) is 21.0. The maximum Gasteiger partial charge on any atom is 0.336 e. The molecule has 0 spiro atoms. The van der Waals surface area contributed by atoms with Gasteiger partial charge in [0, 0.05) is 18.7 Å². The molecular weight excluding hydrogens is 490 g/mol. The number of hydrogen-bond acceptors (Lipinski definition) is 4. The number of unbranched alkanes of at least 4 members (excludes halogenated alkanes) is 1. The van der Waals surface area contributed by atoms with E-state index in [0.717, 1.165) is 71.5 Å². The number of carboxylic acid groups (broad SMARTS) is 2. The standard InChI is InChI=1S/C32H33N3O4/c1-2-3-12-30-34-28-18-17-23(33-27-11-7-6-10-26(27)32(38)39)19-29(28)35(30)20-21-13-15-22(16-14-21)24-8-4-5-9-25(24)31(36)37/h4-5,8-9,13-19,26H,2-3,6-7,10-12,20H2,1H3,(H,36,37)(H,38,39). The van der Waals surface area contributed by atoms with Gasteiger partial charge in [0.15, 0.2) is 0 Å². The number of rotatable bonds is 9. The molecule has 0 amide bonds. The molecule has 0 aliphatic heterocycles. The fraction of sp³-hybridized carbons (Fsp3) is 0.312. The second-order valence-electron chi connectivity index (χ2n) is 10.2. The van der Waals surface area contributed by atoms with Gasteiger partial charge in [-0.05, 0) is 66.6 Å². The minimum absolute atomic E-state index is 0.282. The summed E-state index contributed by atoms with van der Waals surface area (Å²) < 4.78 is 2.23. The van der Waals surface area contributed by atoms with Gasteiger partial charge in [-0.1, -0.05) is 62.2 Å². The largest absolute Gasteiger partial charge is 0.481 e. The van der Waals surface area contributed by atoms with Gasteiger partial charge in [-0.3, -0.25) is 9.79 Å². The Morgan fingerprint density at radius 1 is 1.03 bits per heavy atom. The molecular formula is C32H33N3O4. The van der Waals surface area contributed by atoms with Crippen LogP contribution in [0.5, 0.6) is 0 Å². The number of aliphatic carboxylic acids is 1. The van der Waals surface area contributed by atoms with Gasteiger partial charge in [0.2, 0.25) is 0 Å². The Bertz CT molecular complexity index is 1540. The molecule has 0 bridgehead atoms. The van der Waals surface area contributed by atoms with Crippen molar-refractivity contribution in [3.05, 3.63) is 83.7 Å². The molecule has 1 aliphatic carbocycles. The molecule has 1 aliphatic rings. The summed E-state index contributed by atoms with van der Waals surface area (Å²) in [4.78, 5) is 33.2. The van der Waals surface area contributed by atoms with Crippen molar-refractivity contribution in [2.45, 2.75) is 58.4 Å². The maximum atomic E-state index is 11.8. The minimum Gasteiger partial charge on any atom is -0.481 e. The quantitative estimate of drug-likeness (QED) is 0.243. The Morgan fingerprint density at radius 3 is 2.56 bits per heavy atom. The molecule has 1 saturated carbocycles. The Hall–Kier alpha value is -4.26. The number of carbonyl (C=O) groups is 2. The van der Waals surface area contributed by atoms with E-state index in [9.17, 15) is 19.8 Å². The van der Waals surface area contributed by atoms with Crippen molar-refractivity contribution in [2.75, 3.05) is 0 Å². The Morgan fingerprint density at radius 2 is 1.82 bits per heavy atom. The van der Waals surface area contributed by atoms with E-state index < -0.39 is 17.9 Å². The Kier molecular flexibility index (Phi) is 7.87. The zero-order valence-corrected chi connectivity index (χ0v) is 22.1. The van der Waals surface area contributed by atoms with Crippen molar-refractivity contribution in [2.24, 2.45) is 10.9 Å². The summed E-state index contributed by atoms with van der Waals surface area (Å²) in [5.74, 6) is -1.24. The molecule has 200 valence electrons. The van der Waals surface area contributed by atoms with Crippen molar-refractivity contribution >= 4 is 34.4 Å². The van der Waals surface area contributed by atoms with E-state index in [1.165, 1.54) is 0 Å². The zero-order chi connectivity index (χ0) is 27.4. The molecule has 2 N–H and O–H groups in total. The van der Waals surface area contributed by atoms with Crippen LogP contribution in [0.15, 0.2) is 71.7 Å². The summed E-state index contributed by atoms with van der Waals surface area (Å²) >= 11 is 0. The average molecular weight is 524 g/mol. The van der Waals surface area contributed by atoms with E-state index in [0.29, 0.717) is 24.9 Å². The normalized spacial score (nSPS) is 16.5. The van der Waals surface area contributed by atoms with Crippen LogP contribution in [0.1, 0.15) is 67.2 Å². The van der Waals surface area contributed by atoms with Gasteiger partial charge < -0.3 is 14.8 Å². The van der Waals surface area contributed by atoms with Gasteiger partial charge in [-0.2, -0.15) is 0 Å². The number of aromatic nitrogens is 2. The molecule has 1 unspecified atom stereocenters. The van der Waals surface area contributed by atoms with Gasteiger partial charge in [0.05, 0.1) is 28.2 Å². The van der Waals surface area contributed by atoms with E-state index in [2.05, 4.69) is 11.5 Å². The van der Waals surface area contributed by atoms with Crippen LogP contribution in [0.2, 0.25) is 0 Å². The molecule has 1 atom stereocenters. The molecule has 1 heterocycles.